The maximum atomic E-state index is 11.8. The van der Waals surface area contributed by atoms with Crippen molar-refractivity contribution >= 4 is 11.9 Å². The zero-order valence-electron chi connectivity index (χ0n) is 15.3. The molecule has 2 heterocycles. The molecule has 2 fully saturated rings. The third-order valence-electron chi connectivity index (χ3n) is 4.91. The fourth-order valence-electron chi connectivity index (χ4n) is 3.57. The molecule has 1 aliphatic carbocycles. The predicted octanol–water partition coefficient (Wildman–Crippen LogP) is 1.39. The average Bonchev–Trinajstić information content (AvgIpc) is 3.43. The highest BCUT2D eigenvalue weighted by Crippen LogP contribution is 2.44. The van der Waals surface area contributed by atoms with Crippen molar-refractivity contribution in [3.63, 3.8) is 0 Å². The summed E-state index contributed by atoms with van der Waals surface area (Å²) in [6, 6.07) is 2.28. The van der Waals surface area contributed by atoms with E-state index in [2.05, 4.69) is 28.6 Å². The van der Waals surface area contributed by atoms with Crippen molar-refractivity contribution in [1.82, 2.24) is 14.9 Å². The number of nitrogens with two attached hydrogens (primary N) is 1. The van der Waals surface area contributed by atoms with Gasteiger partial charge in [0.1, 0.15) is 5.69 Å². The van der Waals surface area contributed by atoms with Gasteiger partial charge in [-0.15, -0.1) is 0 Å². The lowest BCUT2D eigenvalue weighted by atomic mass is 10.2. The van der Waals surface area contributed by atoms with Gasteiger partial charge in [-0.05, 0) is 25.3 Å². The van der Waals surface area contributed by atoms with Gasteiger partial charge in [0.05, 0.1) is 18.9 Å². The monoisotopic (exact) mass is 347 g/mol. The van der Waals surface area contributed by atoms with E-state index in [1.807, 2.05) is 0 Å². The van der Waals surface area contributed by atoms with Crippen molar-refractivity contribution < 1.29 is 9.53 Å². The van der Waals surface area contributed by atoms with Crippen LogP contribution in [0.1, 0.15) is 55.2 Å². The molecular formula is C18H29N5O2. The van der Waals surface area contributed by atoms with Crippen molar-refractivity contribution in [3.05, 3.63) is 17.5 Å². The zero-order chi connectivity index (χ0) is 17.8. The molecule has 0 radical (unpaired) electrons. The standard InChI is InChI=1S/C18H29N5O2/c1-3-5-23(6-4-2)18-20-14(12-15(21-18)17(19)24)13-11-16(13)22-7-9-25-10-8-22/h12-13,16H,3-11H2,1-2H3,(H2,19,24). The van der Waals surface area contributed by atoms with Crippen LogP contribution in [0.4, 0.5) is 5.95 Å². The van der Waals surface area contributed by atoms with E-state index in [4.69, 9.17) is 15.5 Å². The average molecular weight is 347 g/mol. The lowest BCUT2D eigenvalue weighted by molar-refractivity contribution is 0.0330. The summed E-state index contributed by atoms with van der Waals surface area (Å²) < 4.78 is 5.44. The first-order chi connectivity index (χ1) is 12.1. The number of ether oxygens (including phenoxy) is 1. The lowest BCUT2D eigenvalue weighted by Gasteiger charge is -2.27. The number of primary amides is 1. The number of carbonyl (C=O) groups excluding carboxylic acids is 1. The number of aromatic nitrogens is 2. The van der Waals surface area contributed by atoms with E-state index in [-0.39, 0.29) is 0 Å². The molecule has 2 unspecified atom stereocenters. The first kappa shape index (κ1) is 18.1. The SMILES string of the molecule is CCCN(CCC)c1nc(C(N)=O)cc(C2CC2N2CCOCC2)n1. The molecule has 1 aliphatic heterocycles. The Morgan fingerprint density at radius 2 is 1.96 bits per heavy atom. The fourth-order valence-corrected chi connectivity index (χ4v) is 3.57. The molecule has 2 N–H and O–H groups in total. The molecule has 2 aliphatic rings. The van der Waals surface area contributed by atoms with Gasteiger partial charge in [-0.2, -0.15) is 0 Å². The third-order valence-corrected chi connectivity index (χ3v) is 4.91. The summed E-state index contributed by atoms with van der Waals surface area (Å²) in [5, 5.41) is 0. The van der Waals surface area contributed by atoms with Crippen LogP contribution in [0.15, 0.2) is 6.07 Å². The highest BCUT2D eigenvalue weighted by molar-refractivity contribution is 5.91. The Labute approximate surface area is 149 Å². The molecule has 0 spiro atoms. The Kier molecular flexibility index (Phi) is 5.86. The van der Waals surface area contributed by atoms with Crippen molar-refractivity contribution in [2.45, 2.75) is 45.1 Å². The van der Waals surface area contributed by atoms with Gasteiger partial charge in [0.2, 0.25) is 5.95 Å². The van der Waals surface area contributed by atoms with Crippen molar-refractivity contribution in [3.8, 4) is 0 Å². The van der Waals surface area contributed by atoms with E-state index in [0.29, 0.717) is 23.6 Å². The minimum absolute atomic E-state index is 0.324. The molecular weight excluding hydrogens is 318 g/mol. The Bertz CT molecular complexity index is 597. The second-order valence-corrected chi connectivity index (χ2v) is 6.89. The largest absolute Gasteiger partial charge is 0.379 e. The van der Waals surface area contributed by atoms with Crippen LogP contribution < -0.4 is 10.6 Å². The highest BCUT2D eigenvalue weighted by atomic mass is 16.5. The molecule has 1 aromatic rings. The van der Waals surface area contributed by atoms with E-state index < -0.39 is 5.91 Å². The lowest BCUT2D eigenvalue weighted by Crippen LogP contribution is -2.38. The normalized spacial score (nSPS) is 23.4. The topological polar surface area (TPSA) is 84.6 Å². The van der Waals surface area contributed by atoms with E-state index >= 15 is 0 Å². The van der Waals surface area contributed by atoms with Crippen LogP contribution >= 0.6 is 0 Å². The van der Waals surface area contributed by atoms with Crippen LogP contribution in [-0.4, -0.2) is 66.2 Å². The number of morpholine rings is 1. The van der Waals surface area contributed by atoms with Crippen LogP contribution in [0.25, 0.3) is 0 Å². The number of rotatable bonds is 8. The summed E-state index contributed by atoms with van der Waals surface area (Å²) in [5.41, 5.74) is 6.80. The van der Waals surface area contributed by atoms with Gasteiger partial charge in [-0.25, -0.2) is 9.97 Å². The Balaban J connectivity index is 1.82. The molecule has 1 saturated carbocycles. The number of anilines is 1. The maximum Gasteiger partial charge on any atom is 0.267 e. The van der Waals surface area contributed by atoms with Crippen LogP contribution in [0, 0.1) is 0 Å². The molecule has 138 valence electrons. The maximum absolute atomic E-state index is 11.8. The van der Waals surface area contributed by atoms with E-state index in [1.54, 1.807) is 6.07 Å². The minimum Gasteiger partial charge on any atom is -0.379 e. The second kappa shape index (κ2) is 8.10. The van der Waals surface area contributed by atoms with Crippen molar-refractivity contribution in [2.24, 2.45) is 5.73 Å². The minimum atomic E-state index is -0.485. The van der Waals surface area contributed by atoms with Crippen LogP contribution in [0.3, 0.4) is 0 Å². The van der Waals surface area contributed by atoms with E-state index in [0.717, 1.165) is 64.3 Å². The predicted molar refractivity (Wildman–Crippen MR) is 96.9 cm³/mol. The van der Waals surface area contributed by atoms with Gasteiger partial charge in [0.15, 0.2) is 0 Å². The number of carbonyl (C=O) groups is 1. The molecule has 1 amide bonds. The molecule has 2 atom stereocenters. The fraction of sp³-hybridized carbons (Fsp3) is 0.722. The molecule has 7 heteroatoms. The molecule has 25 heavy (non-hydrogen) atoms. The van der Waals surface area contributed by atoms with Crippen molar-refractivity contribution in [1.29, 1.82) is 0 Å². The number of hydrogen-bond donors (Lipinski definition) is 1. The van der Waals surface area contributed by atoms with Gasteiger partial charge < -0.3 is 15.4 Å². The number of nitrogens with zero attached hydrogens (tertiary/aromatic N) is 4. The van der Waals surface area contributed by atoms with Gasteiger partial charge in [-0.3, -0.25) is 9.69 Å². The number of amides is 1. The van der Waals surface area contributed by atoms with Crippen molar-refractivity contribution in [2.75, 3.05) is 44.3 Å². The summed E-state index contributed by atoms with van der Waals surface area (Å²) >= 11 is 0. The quantitative estimate of drug-likeness (QED) is 0.765. The zero-order valence-corrected chi connectivity index (χ0v) is 15.3. The molecule has 1 aromatic heterocycles. The Morgan fingerprint density at radius 1 is 1.28 bits per heavy atom. The van der Waals surface area contributed by atoms with Gasteiger partial charge in [0, 0.05) is 38.1 Å². The summed E-state index contributed by atoms with van der Waals surface area (Å²) in [6.07, 6.45) is 3.11. The Morgan fingerprint density at radius 3 is 2.56 bits per heavy atom. The molecule has 3 rings (SSSR count). The second-order valence-electron chi connectivity index (χ2n) is 6.89. The summed E-state index contributed by atoms with van der Waals surface area (Å²) in [7, 11) is 0. The first-order valence-electron chi connectivity index (χ1n) is 9.39. The molecule has 7 nitrogen and oxygen atoms in total. The smallest absolute Gasteiger partial charge is 0.267 e. The van der Waals surface area contributed by atoms with Gasteiger partial charge in [-0.1, -0.05) is 13.8 Å². The first-order valence-corrected chi connectivity index (χ1v) is 9.39. The van der Waals surface area contributed by atoms with E-state index in [9.17, 15) is 4.79 Å². The van der Waals surface area contributed by atoms with Crippen LogP contribution in [0.2, 0.25) is 0 Å². The molecule has 0 bridgehead atoms. The third kappa shape index (κ3) is 4.27. The van der Waals surface area contributed by atoms with Gasteiger partial charge >= 0.3 is 0 Å². The van der Waals surface area contributed by atoms with Gasteiger partial charge in [0.25, 0.3) is 5.91 Å². The molecule has 0 aromatic carbocycles. The summed E-state index contributed by atoms with van der Waals surface area (Å²) in [4.78, 5) is 25.6. The highest BCUT2D eigenvalue weighted by Gasteiger charge is 2.44. The van der Waals surface area contributed by atoms with Crippen LogP contribution in [0.5, 0.6) is 0 Å². The summed E-state index contributed by atoms with van der Waals surface area (Å²) in [5.74, 6) is 0.520. The van der Waals surface area contributed by atoms with E-state index in [1.165, 1.54) is 0 Å². The van der Waals surface area contributed by atoms with Crippen LogP contribution in [-0.2, 0) is 4.74 Å². The summed E-state index contributed by atoms with van der Waals surface area (Å²) in [6.45, 7) is 9.57. The number of hydrogen-bond acceptors (Lipinski definition) is 6. The molecule has 1 saturated heterocycles. The Hall–Kier alpha value is -1.73.